The van der Waals surface area contributed by atoms with Gasteiger partial charge in [-0.3, -0.25) is 0 Å². The van der Waals surface area contributed by atoms with Crippen LogP contribution in [0.3, 0.4) is 0 Å². The molecule has 0 fully saturated rings. The van der Waals surface area contributed by atoms with Gasteiger partial charge < -0.3 is 14.8 Å². The molecule has 0 aliphatic rings. The maximum atomic E-state index is 5.65. The maximum Gasteiger partial charge on any atom is 0.161 e. The zero-order valence-electron chi connectivity index (χ0n) is 11.2. The van der Waals surface area contributed by atoms with Gasteiger partial charge in [-0.05, 0) is 31.2 Å². The summed E-state index contributed by atoms with van der Waals surface area (Å²) in [4.78, 5) is 0. The molecule has 102 valence electrons. The van der Waals surface area contributed by atoms with E-state index in [0.29, 0.717) is 6.61 Å². The van der Waals surface area contributed by atoms with E-state index < -0.39 is 0 Å². The Hall–Kier alpha value is -1.19. The fourth-order valence-corrected chi connectivity index (χ4v) is 1.51. The van der Waals surface area contributed by atoms with Crippen LogP contribution >= 0.6 is 12.4 Å². The summed E-state index contributed by atoms with van der Waals surface area (Å²) in [5, 5.41) is 3.21. The van der Waals surface area contributed by atoms with Crippen LogP contribution in [0.15, 0.2) is 24.3 Å². The van der Waals surface area contributed by atoms with Crippen molar-refractivity contribution in [1.82, 2.24) is 5.32 Å². The van der Waals surface area contributed by atoms with Crippen molar-refractivity contribution in [2.75, 3.05) is 26.8 Å². The highest BCUT2D eigenvalue weighted by molar-refractivity contribution is 5.85. The lowest BCUT2D eigenvalue weighted by Gasteiger charge is -2.11. The van der Waals surface area contributed by atoms with Crippen LogP contribution in [0, 0.1) is 0 Å². The third-order valence-corrected chi connectivity index (χ3v) is 2.33. The molecule has 0 aliphatic heterocycles. The maximum absolute atomic E-state index is 5.65. The first-order valence-corrected chi connectivity index (χ1v) is 5.96. The normalized spacial score (nSPS) is 10.2. The molecule has 0 radical (unpaired) electrons. The average Bonchev–Trinajstić information content (AvgIpc) is 2.36. The van der Waals surface area contributed by atoms with E-state index in [1.165, 1.54) is 0 Å². The lowest BCUT2D eigenvalue weighted by atomic mass is 10.2. The van der Waals surface area contributed by atoms with Crippen LogP contribution in [0.2, 0.25) is 0 Å². The predicted molar refractivity (Wildman–Crippen MR) is 79.0 cm³/mol. The number of allylic oxidation sites excluding steroid dienone is 1. The van der Waals surface area contributed by atoms with E-state index in [2.05, 4.69) is 12.2 Å². The quantitative estimate of drug-likeness (QED) is 0.773. The number of benzene rings is 1. The SMILES string of the molecule is CC=Cc1ccc(OCCNCC)c(OC)c1.Cl. The van der Waals surface area contributed by atoms with Crippen LogP contribution < -0.4 is 14.8 Å². The number of ether oxygens (including phenoxy) is 2. The Labute approximate surface area is 116 Å². The van der Waals surface area contributed by atoms with Crippen molar-refractivity contribution in [3.8, 4) is 11.5 Å². The summed E-state index contributed by atoms with van der Waals surface area (Å²) in [5.41, 5.74) is 1.11. The van der Waals surface area contributed by atoms with E-state index in [0.717, 1.165) is 30.2 Å². The summed E-state index contributed by atoms with van der Waals surface area (Å²) in [5.74, 6) is 1.57. The zero-order chi connectivity index (χ0) is 12.5. The van der Waals surface area contributed by atoms with E-state index in [1.54, 1.807) is 7.11 Å². The molecule has 0 aromatic heterocycles. The molecular weight excluding hydrogens is 250 g/mol. The van der Waals surface area contributed by atoms with Gasteiger partial charge in [0.05, 0.1) is 7.11 Å². The number of halogens is 1. The van der Waals surface area contributed by atoms with Crippen LogP contribution in [0.1, 0.15) is 19.4 Å². The van der Waals surface area contributed by atoms with Crippen molar-refractivity contribution in [3.63, 3.8) is 0 Å². The molecule has 1 aromatic carbocycles. The monoisotopic (exact) mass is 271 g/mol. The van der Waals surface area contributed by atoms with Gasteiger partial charge in [0.1, 0.15) is 6.61 Å². The molecule has 18 heavy (non-hydrogen) atoms. The third kappa shape index (κ3) is 5.43. The van der Waals surface area contributed by atoms with E-state index >= 15 is 0 Å². The fourth-order valence-electron chi connectivity index (χ4n) is 1.51. The number of rotatable bonds is 7. The van der Waals surface area contributed by atoms with Crippen molar-refractivity contribution in [1.29, 1.82) is 0 Å². The van der Waals surface area contributed by atoms with Crippen LogP contribution in [-0.4, -0.2) is 26.8 Å². The van der Waals surface area contributed by atoms with E-state index in [1.807, 2.05) is 37.3 Å². The Bertz CT molecular complexity index is 367. The molecule has 1 N–H and O–H groups in total. The van der Waals surface area contributed by atoms with Gasteiger partial charge in [0.25, 0.3) is 0 Å². The highest BCUT2D eigenvalue weighted by Crippen LogP contribution is 2.28. The molecule has 0 amide bonds. The lowest BCUT2D eigenvalue weighted by Crippen LogP contribution is -2.20. The van der Waals surface area contributed by atoms with E-state index in [4.69, 9.17) is 9.47 Å². The Morgan fingerprint density at radius 1 is 1.28 bits per heavy atom. The Morgan fingerprint density at radius 2 is 2.06 bits per heavy atom. The van der Waals surface area contributed by atoms with Gasteiger partial charge in [0.15, 0.2) is 11.5 Å². The first-order chi connectivity index (χ1) is 8.31. The number of hydrogen-bond donors (Lipinski definition) is 1. The molecule has 0 spiro atoms. The standard InChI is InChI=1S/C14H21NO2.ClH/c1-4-6-12-7-8-13(14(11-12)16-3)17-10-9-15-5-2;/h4,6-8,11,15H,5,9-10H2,1-3H3;1H. The Kier molecular flexibility index (Phi) is 9.15. The van der Waals surface area contributed by atoms with E-state index in [-0.39, 0.29) is 12.4 Å². The highest BCUT2D eigenvalue weighted by Gasteiger charge is 2.04. The second-order valence-corrected chi connectivity index (χ2v) is 3.61. The summed E-state index contributed by atoms with van der Waals surface area (Å²) in [6.07, 6.45) is 4.03. The van der Waals surface area contributed by atoms with Gasteiger partial charge in [-0.1, -0.05) is 25.1 Å². The summed E-state index contributed by atoms with van der Waals surface area (Å²) in [6.45, 7) is 6.52. The summed E-state index contributed by atoms with van der Waals surface area (Å²) >= 11 is 0. The molecule has 0 unspecified atom stereocenters. The first-order valence-electron chi connectivity index (χ1n) is 5.96. The number of methoxy groups -OCH3 is 1. The minimum atomic E-state index is 0. The third-order valence-electron chi connectivity index (χ3n) is 2.33. The second kappa shape index (κ2) is 9.80. The molecule has 1 aromatic rings. The average molecular weight is 272 g/mol. The minimum absolute atomic E-state index is 0. The number of hydrogen-bond acceptors (Lipinski definition) is 3. The molecule has 1 rings (SSSR count). The van der Waals surface area contributed by atoms with Gasteiger partial charge in [-0.15, -0.1) is 12.4 Å². The van der Waals surface area contributed by atoms with Crippen LogP contribution in [0.25, 0.3) is 6.08 Å². The summed E-state index contributed by atoms with van der Waals surface area (Å²) in [6, 6.07) is 5.94. The van der Waals surface area contributed by atoms with Crippen molar-refractivity contribution in [2.45, 2.75) is 13.8 Å². The molecule has 0 saturated heterocycles. The van der Waals surface area contributed by atoms with Crippen molar-refractivity contribution in [2.24, 2.45) is 0 Å². The first kappa shape index (κ1) is 16.8. The largest absolute Gasteiger partial charge is 0.493 e. The Morgan fingerprint density at radius 3 is 2.67 bits per heavy atom. The lowest BCUT2D eigenvalue weighted by molar-refractivity contribution is 0.293. The number of likely N-dealkylation sites (N-methyl/N-ethyl adjacent to an activating group) is 1. The van der Waals surface area contributed by atoms with Crippen LogP contribution in [0.5, 0.6) is 11.5 Å². The number of nitrogens with one attached hydrogen (secondary N) is 1. The van der Waals surface area contributed by atoms with Gasteiger partial charge in [-0.2, -0.15) is 0 Å². The van der Waals surface area contributed by atoms with Crippen molar-refractivity contribution in [3.05, 3.63) is 29.8 Å². The van der Waals surface area contributed by atoms with E-state index in [9.17, 15) is 0 Å². The molecule has 0 heterocycles. The summed E-state index contributed by atoms with van der Waals surface area (Å²) < 4.78 is 11.0. The molecule has 0 atom stereocenters. The molecule has 0 aliphatic carbocycles. The molecule has 3 nitrogen and oxygen atoms in total. The van der Waals surface area contributed by atoms with Crippen LogP contribution in [0.4, 0.5) is 0 Å². The van der Waals surface area contributed by atoms with Gasteiger partial charge in [0, 0.05) is 6.54 Å². The van der Waals surface area contributed by atoms with Crippen molar-refractivity contribution >= 4 is 18.5 Å². The van der Waals surface area contributed by atoms with Crippen LogP contribution in [-0.2, 0) is 0 Å². The molecular formula is C14H22ClNO2. The zero-order valence-corrected chi connectivity index (χ0v) is 12.0. The smallest absolute Gasteiger partial charge is 0.161 e. The molecule has 0 bridgehead atoms. The van der Waals surface area contributed by atoms with Gasteiger partial charge >= 0.3 is 0 Å². The highest BCUT2D eigenvalue weighted by atomic mass is 35.5. The van der Waals surface area contributed by atoms with Gasteiger partial charge in [0.2, 0.25) is 0 Å². The Balaban J connectivity index is 0.00000289. The molecule has 0 saturated carbocycles. The van der Waals surface area contributed by atoms with Crippen molar-refractivity contribution < 1.29 is 9.47 Å². The predicted octanol–water partition coefficient (Wildman–Crippen LogP) is 3.14. The second-order valence-electron chi connectivity index (χ2n) is 3.61. The van der Waals surface area contributed by atoms with Gasteiger partial charge in [-0.25, -0.2) is 0 Å². The fraction of sp³-hybridized carbons (Fsp3) is 0.429. The minimum Gasteiger partial charge on any atom is -0.493 e. The molecule has 4 heteroatoms. The summed E-state index contributed by atoms with van der Waals surface area (Å²) in [7, 11) is 1.66. The topological polar surface area (TPSA) is 30.5 Å².